The molecule has 1 fully saturated rings. The molecule has 1 saturated heterocycles. The number of amides is 3. The molecule has 0 bridgehead atoms. The van der Waals surface area contributed by atoms with Crippen molar-refractivity contribution in [2.45, 2.75) is 24.9 Å². The third-order valence-electron chi connectivity index (χ3n) is 6.45. The van der Waals surface area contributed by atoms with Gasteiger partial charge in [0.1, 0.15) is 17.8 Å². The fraction of sp³-hybridized carbons (Fsp3) is 0.333. The number of benzene rings is 2. The number of carbonyl (C=O) groups excluding carboxylic acids is 2. The van der Waals surface area contributed by atoms with Crippen LogP contribution in [0.3, 0.4) is 0 Å². The lowest BCUT2D eigenvalue weighted by Crippen LogP contribution is -2.44. The number of halogens is 2. The van der Waals surface area contributed by atoms with E-state index in [1.54, 1.807) is 35.2 Å². The number of H-pyrrole nitrogens is 1. The summed E-state index contributed by atoms with van der Waals surface area (Å²) in [7, 11) is 3.87. The summed E-state index contributed by atoms with van der Waals surface area (Å²) in [6, 6.07) is 7.96. The van der Waals surface area contributed by atoms with Crippen LogP contribution in [0.25, 0.3) is 10.9 Å². The molecule has 172 valence electrons. The summed E-state index contributed by atoms with van der Waals surface area (Å²) in [6.07, 6.45) is 0.844. The van der Waals surface area contributed by atoms with Gasteiger partial charge in [-0.05, 0) is 62.5 Å². The van der Waals surface area contributed by atoms with Crippen molar-refractivity contribution in [3.63, 3.8) is 0 Å². The molecule has 2 atom stereocenters. The molecule has 1 aromatic heterocycles. The number of aromatic amines is 1. The lowest BCUT2D eigenvalue weighted by atomic mass is 9.88. The molecule has 2 aromatic carbocycles. The highest BCUT2D eigenvalue weighted by atomic mass is 35.5. The van der Waals surface area contributed by atoms with Crippen LogP contribution in [-0.4, -0.2) is 70.0 Å². The predicted molar refractivity (Wildman–Crippen MR) is 123 cm³/mol. The molecule has 0 aliphatic carbocycles. The van der Waals surface area contributed by atoms with Crippen LogP contribution in [0.4, 0.5) is 9.18 Å². The zero-order chi connectivity index (χ0) is 23.4. The van der Waals surface area contributed by atoms with Crippen molar-refractivity contribution >= 4 is 34.4 Å². The molecule has 2 aliphatic heterocycles. The van der Waals surface area contributed by atoms with E-state index in [1.807, 2.05) is 19.0 Å². The molecule has 5 rings (SSSR count). The van der Waals surface area contributed by atoms with E-state index in [-0.39, 0.29) is 29.1 Å². The molecular formula is C24H24ClFN4O3. The molecule has 33 heavy (non-hydrogen) atoms. The van der Waals surface area contributed by atoms with Crippen LogP contribution in [0, 0.1) is 5.82 Å². The Kier molecular flexibility index (Phi) is 5.29. The van der Waals surface area contributed by atoms with Gasteiger partial charge in [0, 0.05) is 29.6 Å². The van der Waals surface area contributed by atoms with E-state index in [0.717, 1.165) is 6.54 Å². The number of hydrogen-bond donors (Lipinski definition) is 2. The molecule has 3 amide bonds. The summed E-state index contributed by atoms with van der Waals surface area (Å²) in [5, 5.41) is 10.5. The average Bonchev–Trinajstić information content (AvgIpc) is 3.25. The van der Waals surface area contributed by atoms with Gasteiger partial charge < -0.3 is 15.0 Å². The van der Waals surface area contributed by atoms with Crippen molar-refractivity contribution in [3.05, 3.63) is 64.1 Å². The summed E-state index contributed by atoms with van der Waals surface area (Å²) >= 11 is 6.06. The van der Waals surface area contributed by atoms with E-state index in [0.29, 0.717) is 40.7 Å². The van der Waals surface area contributed by atoms with Gasteiger partial charge in [-0.2, -0.15) is 0 Å². The van der Waals surface area contributed by atoms with Gasteiger partial charge in [0.2, 0.25) is 0 Å². The first-order chi connectivity index (χ1) is 15.8. The number of phenolic OH excluding ortho intramolecular Hbond substituents is 1. The molecule has 9 heteroatoms. The lowest BCUT2D eigenvalue weighted by Gasteiger charge is -2.36. The van der Waals surface area contributed by atoms with Gasteiger partial charge in [0.05, 0.1) is 5.02 Å². The zero-order valence-corrected chi connectivity index (χ0v) is 19.1. The molecule has 0 spiro atoms. The highest BCUT2D eigenvalue weighted by Gasteiger charge is 2.52. The summed E-state index contributed by atoms with van der Waals surface area (Å²) in [5.74, 6) is -0.789. The summed E-state index contributed by atoms with van der Waals surface area (Å²) in [5.41, 5.74) is 2.45. The van der Waals surface area contributed by atoms with E-state index < -0.39 is 17.9 Å². The van der Waals surface area contributed by atoms with Crippen LogP contribution in [-0.2, 0) is 11.2 Å². The molecule has 7 nitrogen and oxygen atoms in total. The maximum absolute atomic E-state index is 15.1. The van der Waals surface area contributed by atoms with Crippen molar-refractivity contribution in [2.24, 2.45) is 0 Å². The number of nitrogens with one attached hydrogen (secondary N) is 1. The second kappa shape index (κ2) is 8.04. The highest BCUT2D eigenvalue weighted by Crippen LogP contribution is 2.45. The predicted octanol–water partition coefficient (Wildman–Crippen LogP) is 3.90. The number of hydrogen-bond acceptors (Lipinski definition) is 4. The molecule has 3 aromatic rings. The number of imide groups is 1. The number of rotatable bonds is 5. The van der Waals surface area contributed by atoms with E-state index >= 15 is 4.39 Å². The number of carbonyl (C=O) groups is 2. The molecule has 2 aliphatic rings. The third-order valence-corrected chi connectivity index (χ3v) is 6.74. The Labute approximate surface area is 195 Å². The van der Waals surface area contributed by atoms with E-state index in [4.69, 9.17) is 11.6 Å². The quantitative estimate of drug-likeness (QED) is 0.554. The Hall–Kier alpha value is -3.10. The maximum atomic E-state index is 15.1. The standard InChI is InChI=1S/C24H24ClFN4O3/c1-28(2)9-4-10-29-23(32)18-12-15-19-17(8-7-16(25)20(19)26)27-21(15)22(30(18)24(29)33)13-5-3-6-14(31)11-13/h3,5-8,11,18,22,27,31H,4,9-10,12H2,1-2H3. The minimum absolute atomic E-state index is 0.000211. The topological polar surface area (TPSA) is 79.9 Å². The summed E-state index contributed by atoms with van der Waals surface area (Å²) in [4.78, 5) is 35.0. The van der Waals surface area contributed by atoms with Crippen LogP contribution in [0.1, 0.15) is 29.3 Å². The van der Waals surface area contributed by atoms with Gasteiger partial charge in [-0.3, -0.25) is 14.6 Å². The number of aromatic hydroxyl groups is 1. The molecule has 0 saturated carbocycles. The van der Waals surface area contributed by atoms with E-state index in [9.17, 15) is 14.7 Å². The van der Waals surface area contributed by atoms with Crippen molar-refractivity contribution in [1.82, 2.24) is 19.7 Å². The van der Waals surface area contributed by atoms with Crippen molar-refractivity contribution in [2.75, 3.05) is 27.2 Å². The third kappa shape index (κ3) is 3.45. The highest BCUT2D eigenvalue weighted by molar-refractivity contribution is 6.31. The van der Waals surface area contributed by atoms with Crippen LogP contribution < -0.4 is 0 Å². The Morgan fingerprint density at radius 3 is 2.76 bits per heavy atom. The monoisotopic (exact) mass is 470 g/mol. The van der Waals surface area contributed by atoms with Gasteiger partial charge in [0.15, 0.2) is 5.82 Å². The average molecular weight is 471 g/mol. The van der Waals surface area contributed by atoms with E-state index in [1.165, 1.54) is 11.0 Å². The van der Waals surface area contributed by atoms with Crippen LogP contribution in [0.15, 0.2) is 36.4 Å². The number of fused-ring (bicyclic) bond motifs is 4. The fourth-order valence-electron chi connectivity index (χ4n) is 5.00. The lowest BCUT2D eigenvalue weighted by molar-refractivity contribution is -0.128. The van der Waals surface area contributed by atoms with Crippen LogP contribution in [0.5, 0.6) is 5.75 Å². The molecular weight excluding hydrogens is 447 g/mol. The van der Waals surface area contributed by atoms with Crippen LogP contribution >= 0.6 is 11.6 Å². The first kappa shape index (κ1) is 21.7. The number of phenols is 1. The summed E-state index contributed by atoms with van der Waals surface area (Å²) in [6.45, 7) is 1.05. The van der Waals surface area contributed by atoms with Gasteiger partial charge in [0.25, 0.3) is 5.91 Å². The van der Waals surface area contributed by atoms with Gasteiger partial charge in [-0.1, -0.05) is 23.7 Å². The van der Waals surface area contributed by atoms with Gasteiger partial charge in [-0.15, -0.1) is 0 Å². The molecule has 0 radical (unpaired) electrons. The van der Waals surface area contributed by atoms with E-state index in [2.05, 4.69) is 4.98 Å². The first-order valence-electron chi connectivity index (χ1n) is 10.8. The smallest absolute Gasteiger partial charge is 0.328 e. The Balaban J connectivity index is 1.65. The second-order valence-corrected chi connectivity index (χ2v) is 9.26. The SMILES string of the molecule is CN(C)CCCN1C(=O)C2Cc3c([nH]c4ccc(Cl)c(F)c34)C(c3cccc(O)c3)N2C1=O. The maximum Gasteiger partial charge on any atom is 0.328 e. The zero-order valence-electron chi connectivity index (χ0n) is 18.3. The largest absolute Gasteiger partial charge is 0.508 e. The van der Waals surface area contributed by atoms with Gasteiger partial charge >= 0.3 is 6.03 Å². The number of nitrogens with zero attached hydrogens (tertiary/aromatic N) is 3. The number of urea groups is 1. The Morgan fingerprint density at radius 1 is 1.24 bits per heavy atom. The van der Waals surface area contributed by atoms with Crippen molar-refractivity contribution < 1.29 is 19.1 Å². The minimum atomic E-state index is -0.755. The second-order valence-electron chi connectivity index (χ2n) is 8.86. The molecule has 2 unspecified atom stereocenters. The van der Waals surface area contributed by atoms with Crippen molar-refractivity contribution in [3.8, 4) is 5.75 Å². The normalized spacial score (nSPS) is 20.2. The van der Waals surface area contributed by atoms with Gasteiger partial charge in [-0.25, -0.2) is 9.18 Å². The Morgan fingerprint density at radius 2 is 2.03 bits per heavy atom. The molecule has 3 heterocycles. The van der Waals surface area contributed by atoms with Crippen molar-refractivity contribution in [1.29, 1.82) is 0 Å². The minimum Gasteiger partial charge on any atom is -0.508 e. The number of aromatic nitrogens is 1. The fourth-order valence-corrected chi connectivity index (χ4v) is 5.16. The summed E-state index contributed by atoms with van der Waals surface area (Å²) < 4.78 is 15.1. The first-order valence-corrected chi connectivity index (χ1v) is 11.2. The molecule has 2 N–H and O–H groups in total. The Bertz CT molecular complexity index is 1270. The van der Waals surface area contributed by atoms with Crippen LogP contribution in [0.2, 0.25) is 5.02 Å².